The van der Waals surface area contributed by atoms with E-state index in [1.54, 1.807) is 48.2 Å². The number of morpholine rings is 1. The zero-order chi connectivity index (χ0) is 27.8. The van der Waals surface area contributed by atoms with Gasteiger partial charge in [0.25, 0.3) is 0 Å². The van der Waals surface area contributed by atoms with E-state index in [4.69, 9.17) is 16.3 Å². The highest BCUT2D eigenvalue weighted by atomic mass is 35.5. The first-order chi connectivity index (χ1) is 18.7. The molecule has 1 saturated carbocycles. The van der Waals surface area contributed by atoms with Gasteiger partial charge in [-0.3, -0.25) is 14.5 Å². The van der Waals surface area contributed by atoms with Crippen LogP contribution >= 0.6 is 11.6 Å². The zero-order valence-electron chi connectivity index (χ0n) is 22.3. The Labute approximate surface area is 235 Å². The summed E-state index contributed by atoms with van der Waals surface area (Å²) in [5, 5.41) is 3.57. The minimum atomic E-state index is -3.52. The van der Waals surface area contributed by atoms with Crippen molar-refractivity contribution in [3.63, 3.8) is 0 Å². The number of sulfonamides is 1. The summed E-state index contributed by atoms with van der Waals surface area (Å²) >= 11 is 6.03. The molecule has 0 spiro atoms. The van der Waals surface area contributed by atoms with E-state index in [1.165, 1.54) is 0 Å². The molecule has 39 heavy (non-hydrogen) atoms. The van der Waals surface area contributed by atoms with Crippen molar-refractivity contribution in [3.05, 3.63) is 64.7 Å². The number of ether oxygens (including phenoxy) is 1. The lowest BCUT2D eigenvalue weighted by atomic mass is 10.1. The maximum Gasteiger partial charge on any atom is 0.242 e. The third-order valence-corrected chi connectivity index (χ3v) is 8.81. The zero-order valence-corrected chi connectivity index (χ0v) is 23.8. The molecule has 2 N–H and O–H groups in total. The Balaban J connectivity index is 1.36. The number of aryl methyl sites for hydroxylation is 1. The topological polar surface area (TPSA) is 108 Å². The van der Waals surface area contributed by atoms with Gasteiger partial charge in [0.1, 0.15) is 6.04 Å². The lowest BCUT2D eigenvalue weighted by molar-refractivity contribution is -0.140. The number of hydrogen-bond donors (Lipinski definition) is 2. The van der Waals surface area contributed by atoms with E-state index in [0.717, 1.165) is 43.6 Å². The van der Waals surface area contributed by atoms with Crippen LogP contribution in [0, 0.1) is 0 Å². The van der Waals surface area contributed by atoms with Gasteiger partial charge in [0.05, 0.1) is 18.1 Å². The number of rotatable bonds is 13. The Bertz CT molecular complexity index is 1210. The van der Waals surface area contributed by atoms with Gasteiger partial charge in [0, 0.05) is 50.2 Å². The third-order valence-electron chi connectivity index (χ3n) is 7.02. The average Bonchev–Trinajstić information content (AvgIpc) is 3.75. The number of halogens is 1. The molecule has 2 aromatic rings. The molecule has 1 atom stereocenters. The van der Waals surface area contributed by atoms with Crippen LogP contribution in [0.1, 0.15) is 37.3 Å². The van der Waals surface area contributed by atoms with E-state index in [-0.39, 0.29) is 35.7 Å². The van der Waals surface area contributed by atoms with E-state index >= 15 is 0 Å². The summed E-state index contributed by atoms with van der Waals surface area (Å²) in [6.07, 6.45) is 2.36. The van der Waals surface area contributed by atoms with Crippen LogP contribution in [-0.4, -0.2) is 81.5 Å². The first-order valence-electron chi connectivity index (χ1n) is 13.4. The Morgan fingerprint density at radius 2 is 1.69 bits per heavy atom. The fourth-order valence-corrected chi connectivity index (χ4v) is 5.83. The van der Waals surface area contributed by atoms with Crippen molar-refractivity contribution in [3.8, 4) is 0 Å². The molecular weight excluding hydrogens is 540 g/mol. The van der Waals surface area contributed by atoms with E-state index < -0.39 is 16.1 Å². The van der Waals surface area contributed by atoms with Gasteiger partial charge in [-0.2, -0.15) is 0 Å². The van der Waals surface area contributed by atoms with E-state index in [2.05, 4.69) is 14.9 Å². The lowest BCUT2D eigenvalue weighted by Gasteiger charge is -2.30. The second-order valence-electron chi connectivity index (χ2n) is 10.1. The third kappa shape index (κ3) is 9.01. The fourth-order valence-electron chi connectivity index (χ4n) is 4.40. The first kappa shape index (κ1) is 29.5. The molecule has 212 valence electrons. The fraction of sp³-hybridized carbons (Fsp3) is 0.500. The molecule has 0 aromatic heterocycles. The number of nitrogens with zero attached hydrogens (tertiary/aromatic N) is 2. The van der Waals surface area contributed by atoms with Gasteiger partial charge in [-0.05, 0) is 61.6 Å². The molecule has 2 amide bonds. The molecule has 2 aromatic carbocycles. The van der Waals surface area contributed by atoms with Gasteiger partial charge < -0.3 is 15.0 Å². The highest BCUT2D eigenvalue weighted by Gasteiger charge is 2.28. The highest BCUT2D eigenvalue weighted by molar-refractivity contribution is 7.89. The number of nitrogens with one attached hydrogen (secondary N) is 2. The van der Waals surface area contributed by atoms with Crippen LogP contribution in [0.3, 0.4) is 0 Å². The van der Waals surface area contributed by atoms with Crippen molar-refractivity contribution >= 4 is 33.4 Å². The van der Waals surface area contributed by atoms with Gasteiger partial charge in [-0.15, -0.1) is 0 Å². The summed E-state index contributed by atoms with van der Waals surface area (Å²) in [6.45, 7) is 6.33. The summed E-state index contributed by atoms with van der Waals surface area (Å²) < 4.78 is 32.9. The van der Waals surface area contributed by atoms with E-state index in [1.807, 2.05) is 12.1 Å². The number of carbonyl (C=O) groups excluding carboxylic acids is 2. The molecule has 9 nitrogen and oxygen atoms in total. The summed E-state index contributed by atoms with van der Waals surface area (Å²) in [6, 6.07) is 13.2. The molecule has 1 saturated heterocycles. The molecule has 0 radical (unpaired) electrons. The monoisotopic (exact) mass is 576 g/mol. The smallest absolute Gasteiger partial charge is 0.242 e. The molecule has 0 bridgehead atoms. The molecule has 11 heteroatoms. The highest BCUT2D eigenvalue weighted by Crippen LogP contribution is 2.22. The molecule has 2 aliphatic rings. The van der Waals surface area contributed by atoms with Gasteiger partial charge >= 0.3 is 0 Å². The number of hydrogen-bond acceptors (Lipinski definition) is 6. The number of benzene rings is 2. The molecule has 2 fully saturated rings. The first-order valence-corrected chi connectivity index (χ1v) is 15.3. The minimum absolute atomic E-state index is 0.0393. The second kappa shape index (κ2) is 13.7. The Morgan fingerprint density at radius 3 is 2.33 bits per heavy atom. The predicted octanol–water partition coefficient (Wildman–Crippen LogP) is 2.58. The molecule has 1 aliphatic heterocycles. The quantitative estimate of drug-likeness (QED) is 0.379. The second-order valence-corrected chi connectivity index (χ2v) is 12.3. The van der Waals surface area contributed by atoms with Crippen LogP contribution in [0.4, 0.5) is 0 Å². The van der Waals surface area contributed by atoms with Crippen molar-refractivity contribution in [2.24, 2.45) is 0 Å². The lowest BCUT2D eigenvalue weighted by Crippen LogP contribution is -2.49. The van der Waals surface area contributed by atoms with Crippen molar-refractivity contribution in [1.82, 2.24) is 19.8 Å². The number of amides is 2. The standard InChI is InChI=1S/C28H37ClN4O5S/c1-21(28(35)30-14-15-32-16-18-38-19-17-32)33(20-23-2-7-24(29)8-3-23)27(34)13-6-22-4-11-26(12-5-22)39(36,37)31-25-9-10-25/h2-5,7-8,11-12,21,25,31H,6,9-10,13-20H2,1H3,(H,30,35)/t21-/m0/s1. The van der Waals surface area contributed by atoms with Gasteiger partial charge in [-0.1, -0.05) is 35.9 Å². The minimum Gasteiger partial charge on any atom is -0.379 e. The summed E-state index contributed by atoms with van der Waals surface area (Å²) in [7, 11) is -3.52. The van der Waals surface area contributed by atoms with E-state index in [0.29, 0.717) is 31.2 Å². The number of carbonyl (C=O) groups is 2. The Morgan fingerprint density at radius 1 is 1.05 bits per heavy atom. The maximum absolute atomic E-state index is 13.4. The molecular formula is C28H37ClN4O5S. The Kier molecular flexibility index (Phi) is 10.4. The molecule has 0 unspecified atom stereocenters. The van der Waals surface area contributed by atoms with Crippen LogP contribution in [0.25, 0.3) is 0 Å². The van der Waals surface area contributed by atoms with Crippen LogP contribution in [0.5, 0.6) is 0 Å². The largest absolute Gasteiger partial charge is 0.379 e. The van der Waals surface area contributed by atoms with E-state index in [9.17, 15) is 18.0 Å². The SMILES string of the molecule is C[C@@H](C(=O)NCCN1CCOCC1)N(Cc1ccc(Cl)cc1)C(=O)CCc1ccc(S(=O)(=O)NC2CC2)cc1. The van der Waals surface area contributed by atoms with Crippen molar-refractivity contribution in [2.75, 3.05) is 39.4 Å². The van der Waals surface area contributed by atoms with Crippen LogP contribution in [-0.2, 0) is 37.3 Å². The van der Waals surface area contributed by atoms with Crippen molar-refractivity contribution in [2.45, 2.75) is 56.1 Å². The van der Waals surface area contributed by atoms with Crippen LogP contribution < -0.4 is 10.0 Å². The average molecular weight is 577 g/mol. The molecule has 1 heterocycles. The van der Waals surface area contributed by atoms with Crippen molar-refractivity contribution in [1.29, 1.82) is 0 Å². The predicted molar refractivity (Wildman–Crippen MR) is 150 cm³/mol. The van der Waals surface area contributed by atoms with Gasteiger partial charge in [0.2, 0.25) is 21.8 Å². The molecule has 1 aliphatic carbocycles. The van der Waals surface area contributed by atoms with Crippen LogP contribution in [0.15, 0.2) is 53.4 Å². The van der Waals surface area contributed by atoms with Crippen molar-refractivity contribution < 1.29 is 22.7 Å². The summed E-state index contributed by atoms with van der Waals surface area (Å²) in [4.78, 5) is 30.5. The van der Waals surface area contributed by atoms with Gasteiger partial charge in [0.15, 0.2) is 0 Å². The van der Waals surface area contributed by atoms with Gasteiger partial charge in [-0.25, -0.2) is 13.1 Å². The molecule has 4 rings (SSSR count). The normalized spacial score (nSPS) is 17.0. The van der Waals surface area contributed by atoms with Crippen LogP contribution in [0.2, 0.25) is 5.02 Å². The maximum atomic E-state index is 13.4. The summed E-state index contributed by atoms with van der Waals surface area (Å²) in [5.41, 5.74) is 1.72. The summed E-state index contributed by atoms with van der Waals surface area (Å²) in [5.74, 6) is -0.365. The Hall–Kier alpha value is -2.50.